The van der Waals surface area contributed by atoms with E-state index in [0.717, 1.165) is 12.0 Å². The number of aryl methyl sites for hydroxylation is 1. The fraction of sp³-hybridized carbons (Fsp3) is 0.111. The molecule has 0 aliphatic carbocycles. The summed E-state index contributed by atoms with van der Waals surface area (Å²) in [5.41, 5.74) is 2.25. The van der Waals surface area contributed by atoms with Crippen LogP contribution < -0.4 is 4.74 Å². The maximum Gasteiger partial charge on any atom is 0.573 e. The molecule has 0 heterocycles. The van der Waals surface area contributed by atoms with Gasteiger partial charge in [-0.2, -0.15) is 0 Å². The molecule has 34 heavy (non-hydrogen) atoms. The van der Waals surface area contributed by atoms with Gasteiger partial charge in [-0.05, 0) is 59.3 Å². The lowest BCUT2D eigenvalue weighted by molar-refractivity contribution is -0.276. The molecule has 4 aromatic carbocycles. The van der Waals surface area contributed by atoms with Gasteiger partial charge in [-0.1, -0.05) is 49.1 Å². The second-order valence-electron chi connectivity index (χ2n) is 7.48. The molecule has 0 amide bonds. The van der Waals surface area contributed by atoms with Crippen molar-refractivity contribution in [2.75, 3.05) is 0 Å². The molecule has 0 saturated heterocycles. The van der Waals surface area contributed by atoms with Crippen molar-refractivity contribution in [1.82, 2.24) is 0 Å². The first-order valence-electron chi connectivity index (χ1n) is 10.2. The van der Waals surface area contributed by atoms with Gasteiger partial charge in [0.05, 0.1) is 0 Å². The van der Waals surface area contributed by atoms with E-state index in [1.807, 2.05) is 24.3 Å². The Balaban J connectivity index is 1.67. The second-order valence-corrected chi connectivity index (χ2v) is 7.48. The predicted octanol–water partition coefficient (Wildman–Crippen LogP) is 7.78. The number of ether oxygens (including phenoxy) is 1. The molecule has 0 radical (unpaired) electrons. The third-order valence-electron chi connectivity index (χ3n) is 5.19. The van der Waals surface area contributed by atoms with Gasteiger partial charge in [0.1, 0.15) is 5.82 Å². The van der Waals surface area contributed by atoms with Crippen LogP contribution >= 0.6 is 0 Å². The van der Waals surface area contributed by atoms with E-state index in [2.05, 4.69) is 23.5 Å². The van der Waals surface area contributed by atoms with Crippen LogP contribution in [-0.4, -0.2) is 6.36 Å². The molecule has 0 spiro atoms. The number of alkyl halides is 3. The minimum Gasteiger partial charge on any atom is -0.399 e. The van der Waals surface area contributed by atoms with Crippen molar-refractivity contribution >= 4 is 10.8 Å². The van der Waals surface area contributed by atoms with Gasteiger partial charge < -0.3 is 4.74 Å². The van der Waals surface area contributed by atoms with Gasteiger partial charge >= 0.3 is 6.36 Å². The van der Waals surface area contributed by atoms with Crippen LogP contribution in [0, 0.1) is 29.3 Å². The summed E-state index contributed by atoms with van der Waals surface area (Å²) in [7, 11) is 0. The van der Waals surface area contributed by atoms with Gasteiger partial charge in [-0.15, -0.1) is 13.2 Å². The Morgan fingerprint density at radius 2 is 1.38 bits per heavy atom. The van der Waals surface area contributed by atoms with E-state index in [1.54, 1.807) is 18.2 Å². The monoisotopic (exact) mass is 470 g/mol. The summed E-state index contributed by atoms with van der Waals surface area (Å²) in [5.74, 6) is 0.515. The summed E-state index contributed by atoms with van der Waals surface area (Å²) in [4.78, 5) is 0. The minimum absolute atomic E-state index is 0.168. The van der Waals surface area contributed by atoms with Crippen LogP contribution in [0.25, 0.3) is 21.9 Å². The van der Waals surface area contributed by atoms with Crippen molar-refractivity contribution in [3.05, 3.63) is 101 Å². The van der Waals surface area contributed by atoms with Gasteiger partial charge in [0.25, 0.3) is 0 Å². The molecule has 0 atom stereocenters. The predicted molar refractivity (Wildman–Crippen MR) is 118 cm³/mol. The van der Waals surface area contributed by atoms with Crippen LogP contribution in [0.1, 0.15) is 23.6 Å². The van der Waals surface area contributed by atoms with Gasteiger partial charge in [0, 0.05) is 22.1 Å². The number of hydrogen-bond donors (Lipinski definition) is 0. The molecule has 0 bridgehead atoms. The molecule has 0 aromatic heterocycles. The average molecular weight is 470 g/mol. The first kappa shape index (κ1) is 23.2. The van der Waals surface area contributed by atoms with E-state index in [1.165, 1.54) is 17.7 Å². The number of hydrogen-bond acceptors (Lipinski definition) is 1. The quantitative estimate of drug-likeness (QED) is 0.219. The zero-order valence-electron chi connectivity index (χ0n) is 17.7. The number of benzene rings is 4. The Labute approximate surface area is 191 Å². The lowest BCUT2D eigenvalue weighted by Gasteiger charge is -2.13. The van der Waals surface area contributed by atoms with Gasteiger partial charge in [-0.3, -0.25) is 0 Å². The third kappa shape index (κ3) is 5.01. The summed E-state index contributed by atoms with van der Waals surface area (Å²) < 4.78 is 83.8. The van der Waals surface area contributed by atoms with Crippen LogP contribution in [0.3, 0.4) is 0 Å². The molecule has 172 valence electrons. The molecular weight excluding hydrogens is 454 g/mol. The van der Waals surface area contributed by atoms with Crippen LogP contribution in [0.5, 0.6) is 5.75 Å². The van der Waals surface area contributed by atoms with Crippen molar-refractivity contribution in [2.45, 2.75) is 19.7 Å². The fourth-order valence-corrected chi connectivity index (χ4v) is 3.49. The van der Waals surface area contributed by atoms with Gasteiger partial charge in [-0.25, -0.2) is 13.2 Å². The van der Waals surface area contributed by atoms with Crippen LogP contribution in [0.15, 0.2) is 66.7 Å². The van der Waals surface area contributed by atoms with Crippen molar-refractivity contribution in [3.8, 4) is 28.7 Å². The molecule has 0 fully saturated rings. The number of fused-ring (bicyclic) bond motifs is 1. The zero-order chi connectivity index (χ0) is 24.5. The van der Waals surface area contributed by atoms with Crippen molar-refractivity contribution in [3.63, 3.8) is 0 Å². The molecule has 4 aromatic rings. The Kier molecular flexibility index (Phi) is 6.25. The van der Waals surface area contributed by atoms with Crippen molar-refractivity contribution < 1.29 is 31.1 Å². The van der Waals surface area contributed by atoms with E-state index in [9.17, 15) is 22.0 Å². The molecular formula is C27H16F6O. The fourth-order valence-electron chi connectivity index (χ4n) is 3.49. The molecule has 0 N–H and O–H groups in total. The van der Waals surface area contributed by atoms with E-state index in [4.69, 9.17) is 0 Å². The van der Waals surface area contributed by atoms with E-state index < -0.39 is 29.6 Å². The highest BCUT2D eigenvalue weighted by Crippen LogP contribution is 2.35. The molecule has 1 nitrogen and oxygen atoms in total. The van der Waals surface area contributed by atoms with Gasteiger partial charge in [0.15, 0.2) is 11.6 Å². The zero-order valence-corrected chi connectivity index (χ0v) is 17.7. The lowest BCUT2D eigenvalue weighted by atomic mass is 9.98. The summed E-state index contributed by atoms with van der Waals surface area (Å²) >= 11 is 0. The Hall–Kier alpha value is -3.92. The van der Waals surface area contributed by atoms with Crippen LogP contribution in [0.2, 0.25) is 0 Å². The molecule has 0 unspecified atom stereocenters. The van der Waals surface area contributed by atoms with Crippen LogP contribution in [0.4, 0.5) is 26.3 Å². The SMILES string of the molecule is CCc1ccc(C#Cc2ccc3c(F)c(-c4cc(F)c(OC(F)(F)F)c(F)c4)ccc3c2)cc1. The number of rotatable bonds is 3. The maximum absolute atomic E-state index is 15.2. The lowest BCUT2D eigenvalue weighted by Crippen LogP contribution is -2.19. The van der Waals surface area contributed by atoms with Crippen molar-refractivity contribution in [2.24, 2.45) is 0 Å². The average Bonchev–Trinajstić information content (AvgIpc) is 2.80. The van der Waals surface area contributed by atoms with Crippen molar-refractivity contribution in [1.29, 1.82) is 0 Å². The molecule has 0 saturated carbocycles. The molecule has 7 heteroatoms. The molecule has 4 rings (SSSR count). The van der Waals surface area contributed by atoms with E-state index in [0.29, 0.717) is 23.1 Å². The summed E-state index contributed by atoms with van der Waals surface area (Å²) in [6, 6.07) is 16.7. The highest BCUT2D eigenvalue weighted by Gasteiger charge is 2.34. The Bertz CT molecular complexity index is 1400. The Morgan fingerprint density at radius 1 is 0.765 bits per heavy atom. The second kappa shape index (κ2) is 9.14. The first-order valence-corrected chi connectivity index (χ1v) is 10.2. The van der Waals surface area contributed by atoms with Crippen LogP contribution in [-0.2, 0) is 6.42 Å². The third-order valence-corrected chi connectivity index (χ3v) is 5.19. The summed E-state index contributed by atoms with van der Waals surface area (Å²) in [6.45, 7) is 2.06. The normalized spacial score (nSPS) is 11.3. The maximum atomic E-state index is 15.2. The number of halogens is 6. The smallest absolute Gasteiger partial charge is 0.399 e. The summed E-state index contributed by atoms with van der Waals surface area (Å²) in [5, 5.41) is 0.680. The molecule has 0 aliphatic rings. The first-order chi connectivity index (χ1) is 16.1. The van der Waals surface area contributed by atoms with Gasteiger partial charge in [0.2, 0.25) is 5.75 Å². The largest absolute Gasteiger partial charge is 0.573 e. The highest BCUT2D eigenvalue weighted by atomic mass is 19.4. The topological polar surface area (TPSA) is 9.23 Å². The van der Waals surface area contributed by atoms with E-state index in [-0.39, 0.29) is 16.5 Å². The minimum atomic E-state index is -5.27. The summed E-state index contributed by atoms with van der Waals surface area (Å²) in [6.07, 6.45) is -4.34. The standard InChI is InChI=1S/C27H16F6O/c1-2-16-3-5-17(6-4-16)7-8-18-9-11-21-19(13-18)10-12-22(25(21)30)20-14-23(28)26(24(29)15-20)34-27(31,32)33/h3-6,9-15H,2H2,1H3. The van der Waals surface area contributed by atoms with E-state index >= 15 is 4.39 Å². The Morgan fingerprint density at radius 3 is 2.00 bits per heavy atom. The molecule has 0 aliphatic heterocycles. The highest BCUT2D eigenvalue weighted by molar-refractivity contribution is 5.89.